The van der Waals surface area contributed by atoms with E-state index in [4.69, 9.17) is 5.11 Å². The molecule has 1 saturated carbocycles. The van der Waals surface area contributed by atoms with Gasteiger partial charge in [-0.25, -0.2) is 9.07 Å². The molecule has 0 spiro atoms. The fourth-order valence-corrected chi connectivity index (χ4v) is 2.84. The number of carbonyl (C=O) groups excluding carboxylic acids is 1. The molecule has 0 atom stereocenters. The van der Waals surface area contributed by atoms with Crippen LogP contribution in [-0.4, -0.2) is 38.7 Å². The van der Waals surface area contributed by atoms with E-state index in [1.165, 1.54) is 23.0 Å². The van der Waals surface area contributed by atoms with E-state index in [-0.39, 0.29) is 30.1 Å². The lowest BCUT2D eigenvalue weighted by Crippen LogP contribution is -2.38. The van der Waals surface area contributed by atoms with Crippen molar-refractivity contribution in [2.24, 2.45) is 5.92 Å². The van der Waals surface area contributed by atoms with Crippen molar-refractivity contribution in [1.29, 1.82) is 0 Å². The van der Waals surface area contributed by atoms with Gasteiger partial charge in [-0.2, -0.15) is 0 Å². The third-order valence-electron chi connectivity index (χ3n) is 4.26. The first-order chi connectivity index (χ1) is 11.2. The van der Waals surface area contributed by atoms with Crippen LogP contribution in [0.25, 0.3) is 5.69 Å². The fraction of sp³-hybridized carbons (Fsp3) is 0.438. The van der Waals surface area contributed by atoms with Gasteiger partial charge in [-0.1, -0.05) is 5.21 Å². The Hall–Kier alpha value is -2.28. The van der Waals surface area contributed by atoms with Gasteiger partial charge in [0.2, 0.25) is 0 Å². The lowest BCUT2D eigenvalue weighted by atomic mass is 9.86. The summed E-state index contributed by atoms with van der Waals surface area (Å²) in [6.45, 7) is 0.215. The molecule has 1 aliphatic rings. The molecule has 2 N–H and O–H groups in total. The van der Waals surface area contributed by atoms with E-state index in [9.17, 15) is 9.18 Å². The van der Waals surface area contributed by atoms with Gasteiger partial charge < -0.3 is 10.4 Å². The van der Waals surface area contributed by atoms with Crippen molar-refractivity contribution in [2.45, 2.75) is 31.7 Å². The van der Waals surface area contributed by atoms with Gasteiger partial charge in [-0.3, -0.25) is 4.79 Å². The van der Waals surface area contributed by atoms with E-state index in [0.717, 1.165) is 25.7 Å². The van der Waals surface area contributed by atoms with Crippen molar-refractivity contribution in [2.75, 3.05) is 6.61 Å². The van der Waals surface area contributed by atoms with Crippen LogP contribution in [0.2, 0.25) is 0 Å². The summed E-state index contributed by atoms with van der Waals surface area (Å²) in [5.41, 5.74) is 0.875. The summed E-state index contributed by atoms with van der Waals surface area (Å²) in [4.78, 5) is 12.2. The molecule has 2 aromatic rings. The molecule has 3 rings (SSSR count). The number of nitrogens with zero attached hydrogens (tertiary/aromatic N) is 3. The molecule has 122 valence electrons. The normalized spacial score (nSPS) is 21.1. The summed E-state index contributed by atoms with van der Waals surface area (Å²) in [7, 11) is 0. The third kappa shape index (κ3) is 3.73. The van der Waals surface area contributed by atoms with Crippen LogP contribution in [-0.2, 0) is 0 Å². The zero-order valence-corrected chi connectivity index (χ0v) is 12.7. The standard InChI is InChI=1S/C16H19FN4O2/c17-12-3-7-14(8-4-12)21-9-15(19-20-21)16(23)18-13-5-1-11(10-22)2-6-13/h3-4,7-9,11,13,22H,1-2,5-6,10H2,(H,18,23). The van der Waals surface area contributed by atoms with Crippen LogP contribution < -0.4 is 5.32 Å². The van der Waals surface area contributed by atoms with E-state index >= 15 is 0 Å². The number of rotatable bonds is 4. The number of aliphatic hydroxyl groups excluding tert-OH is 1. The maximum absolute atomic E-state index is 12.9. The number of carbonyl (C=O) groups is 1. The van der Waals surface area contributed by atoms with Gasteiger partial charge in [-0.15, -0.1) is 5.10 Å². The Labute approximate surface area is 133 Å². The minimum atomic E-state index is -0.328. The summed E-state index contributed by atoms with van der Waals surface area (Å²) in [6, 6.07) is 5.91. The van der Waals surface area contributed by atoms with Gasteiger partial charge in [0.25, 0.3) is 5.91 Å². The highest BCUT2D eigenvalue weighted by atomic mass is 19.1. The maximum Gasteiger partial charge on any atom is 0.273 e. The van der Waals surface area contributed by atoms with Crippen molar-refractivity contribution < 1.29 is 14.3 Å². The highest BCUT2D eigenvalue weighted by Crippen LogP contribution is 2.23. The average molecular weight is 318 g/mol. The molecule has 1 aromatic heterocycles. The zero-order valence-electron chi connectivity index (χ0n) is 12.7. The third-order valence-corrected chi connectivity index (χ3v) is 4.26. The molecule has 0 unspecified atom stereocenters. The van der Waals surface area contributed by atoms with Gasteiger partial charge in [-0.05, 0) is 55.9 Å². The van der Waals surface area contributed by atoms with Crippen molar-refractivity contribution in [3.8, 4) is 5.69 Å². The van der Waals surface area contributed by atoms with Crippen molar-refractivity contribution >= 4 is 5.91 Å². The second-order valence-corrected chi connectivity index (χ2v) is 5.90. The fourth-order valence-electron chi connectivity index (χ4n) is 2.84. The topological polar surface area (TPSA) is 80.0 Å². The Kier molecular flexibility index (Phi) is 4.66. The zero-order chi connectivity index (χ0) is 16.2. The summed E-state index contributed by atoms with van der Waals surface area (Å²) in [5, 5.41) is 19.9. The van der Waals surface area contributed by atoms with Crippen LogP contribution >= 0.6 is 0 Å². The van der Waals surface area contributed by atoms with Crippen LogP contribution in [0, 0.1) is 11.7 Å². The Morgan fingerprint density at radius 3 is 2.61 bits per heavy atom. The minimum absolute atomic E-state index is 0.112. The molecule has 1 fully saturated rings. The smallest absolute Gasteiger partial charge is 0.273 e. The second kappa shape index (κ2) is 6.87. The van der Waals surface area contributed by atoms with Gasteiger partial charge in [0.05, 0.1) is 11.9 Å². The van der Waals surface area contributed by atoms with Gasteiger partial charge >= 0.3 is 0 Å². The van der Waals surface area contributed by atoms with E-state index in [2.05, 4.69) is 15.6 Å². The molecule has 1 aliphatic carbocycles. The van der Waals surface area contributed by atoms with Crippen molar-refractivity contribution in [3.05, 3.63) is 42.0 Å². The molecule has 1 aromatic carbocycles. The number of benzene rings is 1. The predicted molar refractivity (Wildman–Crippen MR) is 81.6 cm³/mol. The lowest BCUT2D eigenvalue weighted by Gasteiger charge is -2.27. The van der Waals surface area contributed by atoms with Gasteiger partial charge in [0.1, 0.15) is 5.82 Å². The number of hydrogen-bond acceptors (Lipinski definition) is 4. The summed E-state index contributed by atoms with van der Waals surface area (Å²) in [6.07, 6.45) is 5.10. The molecule has 7 heteroatoms. The summed E-state index contributed by atoms with van der Waals surface area (Å²) < 4.78 is 14.4. The largest absolute Gasteiger partial charge is 0.396 e. The first-order valence-electron chi connectivity index (χ1n) is 7.75. The molecule has 6 nitrogen and oxygen atoms in total. The van der Waals surface area contributed by atoms with Crippen LogP contribution in [0.4, 0.5) is 4.39 Å². The van der Waals surface area contributed by atoms with Crippen LogP contribution in [0.5, 0.6) is 0 Å². The summed E-state index contributed by atoms with van der Waals surface area (Å²) >= 11 is 0. The molecular weight excluding hydrogens is 299 g/mol. The van der Waals surface area contributed by atoms with Crippen LogP contribution in [0.1, 0.15) is 36.2 Å². The minimum Gasteiger partial charge on any atom is -0.396 e. The molecule has 0 bridgehead atoms. The molecular formula is C16H19FN4O2. The Morgan fingerprint density at radius 2 is 1.96 bits per heavy atom. The number of nitrogens with one attached hydrogen (secondary N) is 1. The molecule has 0 saturated heterocycles. The van der Waals surface area contributed by atoms with E-state index in [0.29, 0.717) is 11.6 Å². The molecule has 1 amide bonds. The monoisotopic (exact) mass is 318 g/mol. The van der Waals surface area contributed by atoms with E-state index in [1.807, 2.05) is 0 Å². The Morgan fingerprint density at radius 1 is 1.26 bits per heavy atom. The van der Waals surface area contributed by atoms with E-state index in [1.54, 1.807) is 12.1 Å². The number of aliphatic hydroxyl groups is 1. The highest BCUT2D eigenvalue weighted by Gasteiger charge is 2.23. The maximum atomic E-state index is 12.9. The Bertz CT molecular complexity index is 663. The Balaban J connectivity index is 1.61. The number of hydrogen-bond donors (Lipinski definition) is 2. The molecule has 0 radical (unpaired) electrons. The number of aromatic nitrogens is 3. The molecule has 0 aliphatic heterocycles. The highest BCUT2D eigenvalue weighted by molar-refractivity contribution is 5.92. The first kappa shape index (κ1) is 15.6. The quantitative estimate of drug-likeness (QED) is 0.899. The van der Waals surface area contributed by atoms with Gasteiger partial charge in [0, 0.05) is 12.6 Å². The molecule has 1 heterocycles. The average Bonchev–Trinajstić information content (AvgIpc) is 3.06. The predicted octanol–water partition coefficient (Wildman–Crippen LogP) is 1.69. The lowest BCUT2D eigenvalue weighted by molar-refractivity contribution is 0.0909. The number of amides is 1. The SMILES string of the molecule is O=C(NC1CCC(CO)CC1)c1cn(-c2ccc(F)cc2)nn1. The van der Waals surface area contributed by atoms with Gasteiger partial charge in [0.15, 0.2) is 5.69 Å². The van der Waals surface area contributed by atoms with Crippen LogP contribution in [0.3, 0.4) is 0 Å². The van der Waals surface area contributed by atoms with Crippen molar-refractivity contribution in [3.63, 3.8) is 0 Å². The second-order valence-electron chi connectivity index (χ2n) is 5.90. The number of halogens is 1. The first-order valence-corrected chi connectivity index (χ1v) is 7.75. The van der Waals surface area contributed by atoms with Crippen molar-refractivity contribution in [1.82, 2.24) is 20.3 Å². The van der Waals surface area contributed by atoms with Crippen LogP contribution in [0.15, 0.2) is 30.5 Å². The van der Waals surface area contributed by atoms with E-state index < -0.39 is 0 Å². The molecule has 23 heavy (non-hydrogen) atoms. The summed E-state index contributed by atoms with van der Waals surface area (Å²) in [5.74, 6) is -0.237.